The molecule has 0 fully saturated rings. The Morgan fingerprint density at radius 3 is 2.67 bits per heavy atom. The first-order valence-corrected chi connectivity index (χ1v) is 7.72. The monoisotopic (exact) mass is 313 g/mol. The minimum absolute atomic E-state index is 0.0369. The first kappa shape index (κ1) is 15.6. The lowest BCUT2D eigenvalue weighted by Crippen LogP contribution is -2.24. The zero-order chi connectivity index (χ0) is 15.6. The molecule has 21 heavy (non-hydrogen) atoms. The Labute approximate surface area is 122 Å². The van der Waals surface area contributed by atoms with Crippen LogP contribution in [-0.4, -0.2) is 13.4 Å². The van der Waals surface area contributed by atoms with Gasteiger partial charge in [0.25, 0.3) is 0 Å². The van der Waals surface area contributed by atoms with E-state index < -0.39 is 15.8 Å². The van der Waals surface area contributed by atoms with Gasteiger partial charge in [0.05, 0.1) is 17.6 Å². The molecule has 0 amide bonds. The Morgan fingerprint density at radius 2 is 2.10 bits per heavy atom. The maximum Gasteiger partial charge on any atom is 0.241 e. The fraction of sp³-hybridized carbons (Fsp3) is 0.308. The van der Waals surface area contributed by atoms with Gasteiger partial charge in [-0.15, -0.1) is 0 Å². The molecule has 0 bridgehead atoms. The van der Waals surface area contributed by atoms with Crippen LogP contribution in [0.5, 0.6) is 0 Å². The maximum absolute atomic E-state index is 13.7. The average Bonchev–Trinajstić information content (AvgIpc) is 2.85. The number of oxazole rings is 1. The number of nitrogens with zero attached hydrogens (tertiary/aromatic N) is 1. The Morgan fingerprint density at radius 1 is 1.38 bits per heavy atom. The number of benzene rings is 1. The zero-order valence-electron chi connectivity index (χ0n) is 11.7. The van der Waals surface area contributed by atoms with Gasteiger partial charge in [0.1, 0.15) is 11.6 Å². The van der Waals surface area contributed by atoms with E-state index in [1.807, 2.05) is 0 Å². The second-order valence-electron chi connectivity index (χ2n) is 4.61. The van der Waals surface area contributed by atoms with E-state index in [1.165, 1.54) is 25.3 Å². The predicted molar refractivity (Wildman–Crippen MR) is 74.3 cm³/mol. The van der Waals surface area contributed by atoms with Crippen molar-refractivity contribution in [3.05, 3.63) is 46.9 Å². The van der Waals surface area contributed by atoms with Gasteiger partial charge in [-0.05, 0) is 31.5 Å². The van der Waals surface area contributed by atoms with E-state index in [-0.39, 0.29) is 35.0 Å². The molecule has 0 saturated carbocycles. The Bertz CT molecular complexity index is 756. The van der Waals surface area contributed by atoms with E-state index in [0.29, 0.717) is 5.76 Å². The molecule has 2 rings (SSSR count). The van der Waals surface area contributed by atoms with Crippen LogP contribution in [0.15, 0.2) is 27.6 Å². The Hall–Kier alpha value is -1.77. The Kier molecular flexibility index (Phi) is 4.40. The van der Waals surface area contributed by atoms with E-state index in [2.05, 4.69) is 9.71 Å². The van der Waals surface area contributed by atoms with E-state index in [4.69, 9.17) is 10.2 Å². The second kappa shape index (κ2) is 5.92. The summed E-state index contributed by atoms with van der Waals surface area (Å²) in [7, 11) is -3.79. The first-order chi connectivity index (χ1) is 9.83. The fourth-order valence-corrected chi connectivity index (χ4v) is 2.94. The summed E-state index contributed by atoms with van der Waals surface area (Å²) >= 11 is 0. The van der Waals surface area contributed by atoms with Crippen molar-refractivity contribution in [2.45, 2.75) is 31.8 Å². The molecule has 0 aliphatic rings. The summed E-state index contributed by atoms with van der Waals surface area (Å²) in [6, 6.07) is 2.49. The number of nitrogens with one attached hydrogen (secondary N) is 1. The van der Waals surface area contributed by atoms with Crippen LogP contribution >= 0.6 is 0 Å². The van der Waals surface area contributed by atoms with Gasteiger partial charge in [-0.1, -0.05) is 0 Å². The van der Waals surface area contributed by atoms with E-state index in [0.717, 1.165) is 0 Å². The number of hydrogen-bond acceptors (Lipinski definition) is 5. The summed E-state index contributed by atoms with van der Waals surface area (Å²) < 4.78 is 45.6. The molecule has 8 heteroatoms. The van der Waals surface area contributed by atoms with Gasteiger partial charge >= 0.3 is 0 Å². The van der Waals surface area contributed by atoms with Crippen LogP contribution in [-0.2, 0) is 23.1 Å². The van der Waals surface area contributed by atoms with Crippen LogP contribution in [0.25, 0.3) is 0 Å². The van der Waals surface area contributed by atoms with Crippen molar-refractivity contribution in [1.82, 2.24) is 9.71 Å². The molecule has 0 radical (unpaired) electrons. The molecule has 2 aromatic rings. The number of hydrogen-bond donors (Lipinski definition) is 2. The highest BCUT2D eigenvalue weighted by Crippen LogP contribution is 2.19. The fourth-order valence-electron chi connectivity index (χ4n) is 1.83. The summed E-state index contributed by atoms with van der Waals surface area (Å²) in [4.78, 5) is 3.87. The minimum Gasteiger partial charge on any atom is -0.445 e. The van der Waals surface area contributed by atoms with Gasteiger partial charge in [0.2, 0.25) is 15.9 Å². The second-order valence-corrected chi connectivity index (χ2v) is 6.37. The molecule has 0 saturated heterocycles. The highest BCUT2D eigenvalue weighted by atomic mass is 32.2. The lowest BCUT2D eigenvalue weighted by Gasteiger charge is -2.09. The molecule has 6 nitrogen and oxygen atoms in total. The molecule has 0 atom stereocenters. The lowest BCUT2D eigenvalue weighted by molar-refractivity contribution is 0.463. The van der Waals surface area contributed by atoms with Crippen LogP contribution in [0.2, 0.25) is 0 Å². The van der Waals surface area contributed by atoms with Crippen molar-refractivity contribution < 1.29 is 17.2 Å². The van der Waals surface area contributed by atoms with Crippen molar-refractivity contribution in [3.8, 4) is 0 Å². The summed E-state index contributed by atoms with van der Waals surface area (Å²) in [5.41, 5.74) is 5.80. The van der Waals surface area contributed by atoms with E-state index in [1.54, 1.807) is 6.92 Å². The third kappa shape index (κ3) is 3.46. The normalized spacial score (nSPS) is 11.8. The van der Waals surface area contributed by atoms with Crippen molar-refractivity contribution >= 4 is 10.0 Å². The van der Waals surface area contributed by atoms with E-state index >= 15 is 0 Å². The molecule has 1 aromatic heterocycles. The third-order valence-corrected chi connectivity index (χ3v) is 4.30. The smallest absolute Gasteiger partial charge is 0.241 e. The van der Waals surface area contributed by atoms with Gasteiger partial charge in [0, 0.05) is 12.1 Å². The molecule has 0 aliphatic heterocycles. The molecule has 114 valence electrons. The predicted octanol–water partition coefficient (Wildman–Crippen LogP) is 1.37. The van der Waals surface area contributed by atoms with Gasteiger partial charge in [-0.3, -0.25) is 0 Å². The molecule has 0 unspecified atom stereocenters. The number of halogens is 1. The molecule has 1 heterocycles. The van der Waals surface area contributed by atoms with Crippen LogP contribution < -0.4 is 10.5 Å². The lowest BCUT2D eigenvalue weighted by atomic mass is 10.1. The third-order valence-electron chi connectivity index (χ3n) is 2.92. The molecule has 0 spiro atoms. The number of nitrogens with two attached hydrogens (primary N) is 1. The topological polar surface area (TPSA) is 98.2 Å². The average molecular weight is 313 g/mol. The van der Waals surface area contributed by atoms with Gasteiger partial charge in [-0.2, -0.15) is 0 Å². The number of aromatic nitrogens is 1. The van der Waals surface area contributed by atoms with Gasteiger partial charge in [0.15, 0.2) is 0 Å². The number of rotatable bonds is 5. The number of aryl methyl sites for hydroxylation is 2. The Balaban J connectivity index is 2.25. The largest absolute Gasteiger partial charge is 0.445 e. The molecule has 0 aliphatic carbocycles. The maximum atomic E-state index is 13.7. The SMILES string of the molecule is Cc1cnc(CNS(=O)(=O)c2cc(C)c(F)c(CN)c2)o1. The minimum atomic E-state index is -3.79. The highest BCUT2D eigenvalue weighted by Gasteiger charge is 2.18. The molecular weight excluding hydrogens is 297 g/mol. The van der Waals surface area contributed by atoms with Crippen LogP contribution in [0.1, 0.15) is 22.8 Å². The van der Waals surface area contributed by atoms with Crippen molar-refractivity contribution in [2.24, 2.45) is 5.73 Å². The first-order valence-electron chi connectivity index (χ1n) is 6.23. The van der Waals surface area contributed by atoms with Crippen LogP contribution in [0.4, 0.5) is 4.39 Å². The molecule has 1 aromatic carbocycles. The van der Waals surface area contributed by atoms with Crippen molar-refractivity contribution in [3.63, 3.8) is 0 Å². The van der Waals surface area contributed by atoms with Crippen LogP contribution in [0.3, 0.4) is 0 Å². The van der Waals surface area contributed by atoms with Crippen LogP contribution in [0, 0.1) is 19.7 Å². The summed E-state index contributed by atoms with van der Waals surface area (Å²) in [6.07, 6.45) is 1.50. The van der Waals surface area contributed by atoms with Gasteiger partial charge in [-0.25, -0.2) is 22.5 Å². The quantitative estimate of drug-likeness (QED) is 0.868. The van der Waals surface area contributed by atoms with Gasteiger partial charge < -0.3 is 10.2 Å². The summed E-state index contributed by atoms with van der Waals surface area (Å²) in [5, 5.41) is 0. The highest BCUT2D eigenvalue weighted by molar-refractivity contribution is 7.89. The standard InChI is InChI=1S/C13H16FN3O3S/c1-8-3-11(4-10(5-15)13(8)14)21(18,19)17-7-12-16-6-9(2)20-12/h3-4,6,17H,5,7,15H2,1-2H3. The number of sulfonamides is 1. The van der Waals surface area contributed by atoms with E-state index in [9.17, 15) is 12.8 Å². The van der Waals surface area contributed by atoms with Crippen molar-refractivity contribution in [1.29, 1.82) is 0 Å². The van der Waals surface area contributed by atoms with Crippen molar-refractivity contribution in [2.75, 3.05) is 0 Å². The molecule has 3 N–H and O–H groups in total. The summed E-state index contributed by atoms with van der Waals surface area (Å²) in [5.74, 6) is 0.362. The molecular formula is C13H16FN3O3S. The summed E-state index contributed by atoms with van der Waals surface area (Å²) in [6.45, 7) is 3.05. The zero-order valence-corrected chi connectivity index (χ0v) is 12.5.